The molecule has 19 heavy (non-hydrogen) atoms. The van der Waals surface area contributed by atoms with Crippen LogP contribution in [0.5, 0.6) is 0 Å². The van der Waals surface area contributed by atoms with Crippen LogP contribution in [0.1, 0.15) is 42.0 Å². The second-order valence-electron chi connectivity index (χ2n) is 5.48. The largest absolute Gasteiger partial charge is 0.159 e. The Morgan fingerprint density at radius 2 is 2.05 bits per heavy atom. The van der Waals surface area contributed by atoms with Gasteiger partial charge in [-0.25, -0.2) is 0 Å². The molecule has 4 rings (SSSR count). The summed E-state index contributed by atoms with van der Waals surface area (Å²) in [6.07, 6.45) is 5.14. The predicted molar refractivity (Wildman–Crippen MR) is 75.9 cm³/mol. The van der Waals surface area contributed by atoms with E-state index in [1.54, 1.807) is 6.20 Å². The molecule has 1 aromatic carbocycles. The summed E-state index contributed by atoms with van der Waals surface area (Å²) < 4.78 is 0. The third-order valence-electron chi connectivity index (χ3n) is 4.61. The number of halogens is 2. The highest BCUT2D eigenvalue weighted by Crippen LogP contribution is 2.60. The van der Waals surface area contributed by atoms with Gasteiger partial charge in [0.1, 0.15) is 0 Å². The number of benzene rings is 1. The first-order valence-corrected chi connectivity index (χ1v) is 7.24. The van der Waals surface area contributed by atoms with Gasteiger partial charge in [0.05, 0.1) is 5.69 Å². The maximum atomic E-state index is 6.43. The fraction of sp³-hybridized carbons (Fsp3) is 0.333. The van der Waals surface area contributed by atoms with Gasteiger partial charge < -0.3 is 0 Å². The molecule has 2 aliphatic carbocycles. The standard InChI is InChI=1S/C15H12Cl2N2/c16-10-1-2-13(17)12(7-10)15-5-3-9(8-15)14-11(15)4-6-18-19-14/h1-2,4,6-7,9H,3,5,8H2. The Morgan fingerprint density at radius 3 is 2.95 bits per heavy atom. The van der Waals surface area contributed by atoms with Crippen molar-refractivity contribution in [3.05, 3.63) is 57.3 Å². The highest BCUT2D eigenvalue weighted by Gasteiger charge is 2.51. The third-order valence-corrected chi connectivity index (χ3v) is 5.17. The molecule has 2 unspecified atom stereocenters. The van der Waals surface area contributed by atoms with Gasteiger partial charge in [0.25, 0.3) is 0 Å². The van der Waals surface area contributed by atoms with Crippen molar-refractivity contribution >= 4 is 23.2 Å². The number of fused-ring (bicyclic) bond motifs is 5. The highest BCUT2D eigenvalue weighted by molar-refractivity contribution is 6.33. The average molecular weight is 291 g/mol. The maximum absolute atomic E-state index is 6.43. The molecule has 0 spiro atoms. The Kier molecular flexibility index (Phi) is 2.42. The van der Waals surface area contributed by atoms with Crippen molar-refractivity contribution in [1.29, 1.82) is 0 Å². The minimum Gasteiger partial charge on any atom is -0.159 e. The van der Waals surface area contributed by atoms with E-state index in [4.69, 9.17) is 23.2 Å². The van der Waals surface area contributed by atoms with Crippen LogP contribution in [0.4, 0.5) is 0 Å². The maximum Gasteiger partial charge on any atom is 0.0703 e. The van der Waals surface area contributed by atoms with Crippen LogP contribution in [0, 0.1) is 0 Å². The lowest BCUT2D eigenvalue weighted by molar-refractivity contribution is 0.547. The Morgan fingerprint density at radius 1 is 1.16 bits per heavy atom. The SMILES string of the molecule is Clc1ccc(Cl)c(C23CCC(C2)c2nnccc23)c1. The summed E-state index contributed by atoms with van der Waals surface area (Å²) in [4.78, 5) is 0. The molecule has 96 valence electrons. The zero-order chi connectivity index (χ0) is 13.0. The molecule has 2 aliphatic rings. The monoisotopic (exact) mass is 290 g/mol. The van der Waals surface area contributed by atoms with Gasteiger partial charge in [-0.15, -0.1) is 0 Å². The second-order valence-corrected chi connectivity index (χ2v) is 6.32. The smallest absolute Gasteiger partial charge is 0.0703 e. The number of nitrogens with zero attached hydrogens (tertiary/aromatic N) is 2. The van der Waals surface area contributed by atoms with Crippen LogP contribution < -0.4 is 0 Å². The molecule has 0 radical (unpaired) electrons. The molecule has 0 amide bonds. The quantitative estimate of drug-likeness (QED) is 0.780. The van der Waals surface area contributed by atoms with E-state index in [1.807, 2.05) is 18.2 Å². The van der Waals surface area contributed by atoms with Crippen LogP contribution in [0.15, 0.2) is 30.5 Å². The molecule has 2 bridgehead atoms. The summed E-state index contributed by atoms with van der Waals surface area (Å²) in [5.41, 5.74) is 3.60. The molecule has 2 aromatic rings. The average Bonchev–Trinajstić information content (AvgIpc) is 3.00. The van der Waals surface area contributed by atoms with Crippen LogP contribution in [0.25, 0.3) is 0 Å². The summed E-state index contributed by atoms with van der Waals surface area (Å²) in [5, 5.41) is 9.91. The van der Waals surface area contributed by atoms with E-state index in [1.165, 1.54) is 5.56 Å². The summed E-state index contributed by atoms with van der Waals surface area (Å²) in [5.74, 6) is 0.527. The van der Waals surface area contributed by atoms with Crippen LogP contribution >= 0.6 is 23.2 Å². The lowest BCUT2D eigenvalue weighted by Gasteiger charge is -2.30. The number of aromatic nitrogens is 2. The summed E-state index contributed by atoms with van der Waals surface area (Å²) in [7, 11) is 0. The molecule has 0 saturated heterocycles. The van der Waals surface area contributed by atoms with Crippen molar-refractivity contribution in [3.63, 3.8) is 0 Å². The molecule has 2 atom stereocenters. The van der Waals surface area contributed by atoms with Gasteiger partial charge >= 0.3 is 0 Å². The fourth-order valence-corrected chi connectivity index (χ4v) is 4.30. The summed E-state index contributed by atoms with van der Waals surface area (Å²) in [6, 6.07) is 7.85. The van der Waals surface area contributed by atoms with Gasteiger partial charge in [0.15, 0.2) is 0 Å². The fourth-order valence-electron chi connectivity index (χ4n) is 3.83. The zero-order valence-corrected chi connectivity index (χ0v) is 11.7. The Balaban J connectivity index is 1.98. The van der Waals surface area contributed by atoms with Crippen LogP contribution in [0.3, 0.4) is 0 Å². The van der Waals surface area contributed by atoms with Gasteiger partial charge in [-0.1, -0.05) is 23.2 Å². The molecule has 1 saturated carbocycles. The molecule has 1 heterocycles. The Hall–Kier alpha value is -1.12. The van der Waals surface area contributed by atoms with E-state index in [0.717, 1.165) is 40.6 Å². The van der Waals surface area contributed by atoms with Crippen molar-refractivity contribution in [2.45, 2.75) is 30.6 Å². The normalized spacial score (nSPS) is 27.6. The molecule has 0 aliphatic heterocycles. The summed E-state index contributed by atoms with van der Waals surface area (Å²) in [6.45, 7) is 0. The van der Waals surface area contributed by atoms with Gasteiger partial charge in [0, 0.05) is 27.6 Å². The second kappa shape index (κ2) is 3.94. The van der Waals surface area contributed by atoms with Gasteiger partial charge in [-0.3, -0.25) is 0 Å². The van der Waals surface area contributed by atoms with Crippen molar-refractivity contribution in [2.75, 3.05) is 0 Å². The molecule has 2 nitrogen and oxygen atoms in total. The summed E-state index contributed by atoms with van der Waals surface area (Å²) >= 11 is 12.6. The number of rotatable bonds is 1. The van der Waals surface area contributed by atoms with Crippen LogP contribution in [-0.2, 0) is 5.41 Å². The van der Waals surface area contributed by atoms with E-state index < -0.39 is 0 Å². The predicted octanol–water partition coefficient (Wildman–Crippen LogP) is 4.35. The van der Waals surface area contributed by atoms with E-state index in [2.05, 4.69) is 16.3 Å². The molecular weight excluding hydrogens is 279 g/mol. The van der Waals surface area contributed by atoms with Gasteiger partial charge in [-0.05, 0) is 54.7 Å². The van der Waals surface area contributed by atoms with Crippen LogP contribution in [-0.4, -0.2) is 10.2 Å². The topological polar surface area (TPSA) is 25.8 Å². The van der Waals surface area contributed by atoms with E-state index in [0.29, 0.717) is 5.92 Å². The van der Waals surface area contributed by atoms with Gasteiger partial charge in [0.2, 0.25) is 0 Å². The van der Waals surface area contributed by atoms with Gasteiger partial charge in [-0.2, -0.15) is 10.2 Å². The molecule has 1 aromatic heterocycles. The number of hydrogen-bond donors (Lipinski definition) is 0. The third kappa shape index (κ3) is 1.50. The van der Waals surface area contributed by atoms with E-state index >= 15 is 0 Å². The molecule has 1 fully saturated rings. The Labute approximate surface area is 121 Å². The van der Waals surface area contributed by atoms with Crippen molar-refractivity contribution < 1.29 is 0 Å². The lowest BCUT2D eigenvalue weighted by atomic mass is 9.75. The molecule has 4 heteroatoms. The van der Waals surface area contributed by atoms with Crippen molar-refractivity contribution in [1.82, 2.24) is 10.2 Å². The number of hydrogen-bond acceptors (Lipinski definition) is 2. The zero-order valence-electron chi connectivity index (χ0n) is 10.2. The Bertz CT molecular complexity index is 671. The lowest BCUT2D eigenvalue weighted by Crippen LogP contribution is -2.23. The first kappa shape index (κ1) is 11.7. The van der Waals surface area contributed by atoms with E-state index in [-0.39, 0.29) is 5.41 Å². The van der Waals surface area contributed by atoms with Crippen molar-refractivity contribution in [3.8, 4) is 0 Å². The first-order chi connectivity index (χ1) is 9.21. The first-order valence-electron chi connectivity index (χ1n) is 6.48. The van der Waals surface area contributed by atoms with Crippen molar-refractivity contribution in [2.24, 2.45) is 0 Å². The van der Waals surface area contributed by atoms with E-state index in [9.17, 15) is 0 Å². The molecular formula is C15H12Cl2N2. The highest BCUT2D eigenvalue weighted by atomic mass is 35.5. The molecule has 0 N–H and O–H groups in total. The minimum absolute atomic E-state index is 0.00206. The van der Waals surface area contributed by atoms with Crippen LogP contribution in [0.2, 0.25) is 10.0 Å². The minimum atomic E-state index is -0.00206.